The average molecular weight is 293 g/mol. The van der Waals surface area contributed by atoms with Crippen LogP contribution >= 0.6 is 0 Å². The third-order valence-corrected chi connectivity index (χ3v) is 3.82. The van der Waals surface area contributed by atoms with E-state index in [0.717, 1.165) is 36.4 Å². The molecule has 1 atom stereocenters. The molecule has 1 unspecified atom stereocenters. The summed E-state index contributed by atoms with van der Waals surface area (Å²) in [5.74, 6) is 1.82. The first-order valence-electron chi connectivity index (χ1n) is 7.42. The highest BCUT2D eigenvalue weighted by atomic mass is 16.4. The number of nitrogens with zero attached hydrogens (tertiary/aromatic N) is 2. The van der Waals surface area contributed by atoms with Crippen LogP contribution < -0.4 is 5.73 Å². The van der Waals surface area contributed by atoms with Gasteiger partial charge >= 0.3 is 0 Å². The minimum atomic E-state index is 0.389. The van der Waals surface area contributed by atoms with Crippen LogP contribution in [0.4, 0.5) is 0 Å². The molecule has 112 valence electrons. The van der Waals surface area contributed by atoms with Crippen LogP contribution in [-0.2, 0) is 12.8 Å². The van der Waals surface area contributed by atoms with Crippen LogP contribution in [0.5, 0.6) is 0 Å². The molecule has 0 aliphatic heterocycles. The zero-order valence-corrected chi connectivity index (χ0v) is 12.4. The van der Waals surface area contributed by atoms with E-state index >= 15 is 0 Å². The van der Waals surface area contributed by atoms with E-state index in [9.17, 15) is 0 Å². The predicted molar refractivity (Wildman–Crippen MR) is 87.0 cm³/mol. The smallest absolute Gasteiger partial charge is 0.242 e. The van der Waals surface area contributed by atoms with Crippen LogP contribution in [0, 0.1) is 0 Å². The molecule has 0 spiro atoms. The first-order valence-corrected chi connectivity index (χ1v) is 7.42. The second-order valence-corrected chi connectivity index (χ2v) is 5.33. The maximum atomic E-state index is 6.00. The quantitative estimate of drug-likeness (QED) is 0.878. The van der Waals surface area contributed by atoms with Gasteiger partial charge in [0, 0.05) is 24.2 Å². The van der Waals surface area contributed by atoms with Crippen molar-refractivity contribution >= 4 is 5.70 Å². The normalized spacial score (nSPS) is 18.4. The zero-order valence-electron chi connectivity index (χ0n) is 12.4. The van der Waals surface area contributed by atoms with Gasteiger partial charge in [0.2, 0.25) is 5.89 Å². The number of hydrogen-bond acceptors (Lipinski definition) is 4. The van der Waals surface area contributed by atoms with Gasteiger partial charge in [0.25, 0.3) is 0 Å². The van der Waals surface area contributed by atoms with Crippen LogP contribution in [0.1, 0.15) is 35.4 Å². The Morgan fingerprint density at radius 3 is 3.05 bits per heavy atom. The Kier molecular flexibility index (Phi) is 4.19. The van der Waals surface area contributed by atoms with E-state index in [2.05, 4.69) is 22.6 Å². The minimum Gasteiger partial charge on any atom is -0.440 e. The summed E-state index contributed by atoms with van der Waals surface area (Å²) in [4.78, 5) is 8.97. The van der Waals surface area contributed by atoms with Crippen molar-refractivity contribution in [3.8, 4) is 0 Å². The predicted octanol–water partition coefficient (Wildman–Crippen LogP) is 3.38. The Hall–Kier alpha value is -2.62. The van der Waals surface area contributed by atoms with Gasteiger partial charge < -0.3 is 10.2 Å². The van der Waals surface area contributed by atoms with Crippen LogP contribution in [0.2, 0.25) is 0 Å². The van der Waals surface area contributed by atoms with Crippen molar-refractivity contribution in [2.75, 3.05) is 0 Å². The number of pyridine rings is 1. The summed E-state index contributed by atoms with van der Waals surface area (Å²) in [5, 5.41) is 0. The van der Waals surface area contributed by atoms with E-state index in [4.69, 9.17) is 10.2 Å². The molecule has 4 nitrogen and oxygen atoms in total. The molecule has 0 saturated heterocycles. The molecule has 0 radical (unpaired) electrons. The fourth-order valence-corrected chi connectivity index (χ4v) is 2.68. The summed E-state index contributed by atoms with van der Waals surface area (Å²) in [7, 11) is 0. The highest BCUT2D eigenvalue weighted by Gasteiger charge is 2.26. The number of rotatable bonds is 4. The molecule has 1 aliphatic rings. The molecule has 22 heavy (non-hydrogen) atoms. The molecule has 4 heteroatoms. The largest absolute Gasteiger partial charge is 0.440 e. The SMILES string of the molecule is C=C/C=C\C=C(/N)c1nc2c(o1)CC(c1ccccn1)CC2. The number of allylic oxidation sites excluding steroid dienone is 4. The number of hydrogen-bond donors (Lipinski definition) is 1. The average Bonchev–Trinajstić information content (AvgIpc) is 2.99. The van der Waals surface area contributed by atoms with Gasteiger partial charge in [-0.05, 0) is 31.1 Å². The van der Waals surface area contributed by atoms with Crippen LogP contribution in [0.25, 0.3) is 5.70 Å². The molecule has 0 fully saturated rings. The first kappa shape index (κ1) is 14.3. The van der Waals surface area contributed by atoms with Gasteiger partial charge in [-0.3, -0.25) is 4.98 Å². The topological polar surface area (TPSA) is 64.9 Å². The number of nitrogens with two attached hydrogens (primary N) is 1. The van der Waals surface area contributed by atoms with E-state index < -0.39 is 0 Å². The Balaban J connectivity index is 1.80. The van der Waals surface area contributed by atoms with E-state index in [1.165, 1.54) is 0 Å². The number of aromatic nitrogens is 2. The maximum Gasteiger partial charge on any atom is 0.242 e. The fraction of sp³-hybridized carbons (Fsp3) is 0.222. The van der Waals surface area contributed by atoms with E-state index in [1.807, 2.05) is 30.5 Å². The summed E-state index contributed by atoms with van der Waals surface area (Å²) in [6.45, 7) is 3.62. The lowest BCUT2D eigenvalue weighted by atomic mass is 9.88. The molecular weight excluding hydrogens is 274 g/mol. The van der Waals surface area contributed by atoms with Gasteiger partial charge in [-0.25, -0.2) is 4.98 Å². The summed E-state index contributed by atoms with van der Waals surface area (Å²) < 4.78 is 5.86. The van der Waals surface area contributed by atoms with Crippen molar-refractivity contribution in [3.63, 3.8) is 0 Å². The van der Waals surface area contributed by atoms with Gasteiger partial charge in [-0.15, -0.1) is 0 Å². The van der Waals surface area contributed by atoms with Crippen LogP contribution in [-0.4, -0.2) is 9.97 Å². The lowest BCUT2D eigenvalue weighted by molar-refractivity contribution is 0.440. The van der Waals surface area contributed by atoms with Gasteiger partial charge in [-0.2, -0.15) is 0 Å². The highest BCUT2D eigenvalue weighted by Crippen LogP contribution is 2.32. The van der Waals surface area contributed by atoms with Crippen molar-refractivity contribution in [3.05, 3.63) is 78.3 Å². The first-order chi connectivity index (χ1) is 10.8. The van der Waals surface area contributed by atoms with Crippen LogP contribution in [0.3, 0.4) is 0 Å². The fourth-order valence-electron chi connectivity index (χ4n) is 2.68. The van der Waals surface area contributed by atoms with Gasteiger partial charge in [0.1, 0.15) is 5.76 Å². The lowest BCUT2D eigenvalue weighted by Gasteiger charge is -2.19. The Bertz CT molecular complexity index is 713. The van der Waals surface area contributed by atoms with Crippen LogP contribution in [0.15, 0.2) is 59.7 Å². The Labute approximate surface area is 130 Å². The zero-order chi connectivity index (χ0) is 15.4. The summed E-state index contributed by atoms with van der Waals surface area (Å²) in [6, 6.07) is 6.03. The third-order valence-electron chi connectivity index (χ3n) is 3.82. The van der Waals surface area contributed by atoms with Gasteiger partial charge in [-0.1, -0.05) is 30.9 Å². The number of fused-ring (bicyclic) bond motifs is 1. The standard InChI is InChI=1S/C18H19N3O/c1-2-3-4-7-14(19)18-21-16-10-9-13(12-17(16)22-18)15-8-5-6-11-20-15/h2-8,11,13H,1,9-10,12,19H2/b4-3-,14-7-. The summed E-state index contributed by atoms with van der Waals surface area (Å²) >= 11 is 0. The van der Waals surface area contributed by atoms with Crippen molar-refractivity contribution in [2.24, 2.45) is 5.73 Å². The molecule has 2 aromatic heterocycles. The minimum absolute atomic E-state index is 0.389. The van der Waals surface area contributed by atoms with Gasteiger partial charge in [0.15, 0.2) is 0 Å². The second kappa shape index (κ2) is 6.43. The maximum absolute atomic E-state index is 6.00. The molecule has 2 aromatic rings. The number of oxazole rings is 1. The molecule has 0 aromatic carbocycles. The molecular formula is C18H19N3O. The number of aryl methyl sites for hydroxylation is 1. The monoisotopic (exact) mass is 293 g/mol. The summed E-state index contributed by atoms with van der Waals surface area (Å²) in [6.07, 6.45) is 11.7. The van der Waals surface area contributed by atoms with Gasteiger partial charge in [0.05, 0.1) is 11.4 Å². The highest BCUT2D eigenvalue weighted by molar-refractivity contribution is 5.57. The van der Waals surface area contributed by atoms with Crippen molar-refractivity contribution < 1.29 is 4.42 Å². The van der Waals surface area contributed by atoms with E-state index in [1.54, 1.807) is 12.2 Å². The Morgan fingerprint density at radius 2 is 2.27 bits per heavy atom. The van der Waals surface area contributed by atoms with Crippen molar-refractivity contribution in [1.29, 1.82) is 0 Å². The third kappa shape index (κ3) is 3.01. The molecule has 3 rings (SSSR count). The molecule has 2 N–H and O–H groups in total. The van der Waals surface area contributed by atoms with E-state index in [-0.39, 0.29) is 0 Å². The lowest BCUT2D eigenvalue weighted by Crippen LogP contribution is -2.12. The van der Waals surface area contributed by atoms with Crippen molar-refractivity contribution in [1.82, 2.24) is 9.97 Å². The molecule has 0 bridgehead atoms. The molecule has 2 heterocycles. The van der Waals surface area contributed by atoms with E-state index in [0.29, 0.717) is 17.5 Å². The second-order valence-electron chi connectivity index (χ2n) is 5.33. The molecule has 0 amide bonds. The van der Waals surface area contributed by atoms with Crippen molar-refractivity contribution in [2.45, 2.75) is 25.2 Å². The Morgan fingerprint density at radius 1 is 1.36 bits per heavy atom. The summed E-state index contributed by atoms with van der Waals surface area (Å²) in [5.41, 5.74) is 8.66. The molecule has 1 aliphatic carbocycles. The molecule has 0 saturated carbocycles.